The molecule has 1 saturated heterocycles. The number of nitrogens with zero attached hydrogens (tertiary/aromatic N) is 1. The van der Waals surface area contributed by atoms with Gasteiger partial charge in [0.05, 0.1) is 5.75 Å². The summed E-state index contributed by atoms with van der Waals surface area (Å²) in [5.41, 5.74) is 0. The zero-order valence-corrected chi connectivity index (χ0v) is 12.3. The first kappa shape index (κ1) is 14.9. The third kappa shape index (κ3) is 4.23. The van der Waals surface area contributed by atoms with Crippen LogP contribution in [-0.2, 0) is 10.0 Å². The first-order valence-electron chi connectivity index (χ1n) is 6.60. The van der Waals surface area contributed by atoms with Gasteiger partial charge in [0.2, 0.25) is 10.0 Å². The average molecular weight is 262 g/mol. The van der Waals surface area contributed by atoms with Crippen LogP contribution >= 0.6 is 0 Å². The molecule has 17 heavy (non-hydrogen) atoms. The van der Waals surface area contributed by atoms with Crippen LogP contribution < -0.4 is 5.32 Å². The van der Waals surface area contributed by atoms with Crippen LogP contribution in [0.3, 0.4) is 0 Å². The van der Waals surface area contributed by atoms with E-state index in [1.165, 1.54) is 0 Å². The van der Waals surface area contributed by atoms with Gasteiger partial charge in [0, 0.05) is 25.2 Å². The van der Waals surface area contributed by atoms with Crippen LogP contribution in [0.4, 0.5) is 0 Å². The number of hydrogen-bond donors (Lipinski definition) is 1. The molecular weight excluding hydrogens is 236 g/mol. The number of rotatable bonds is 5. The lowest BCUT2D eigenvalue weighted by molar-refractivity contribution is 0.261. The Morgan fingerprint density at radius 2 is 1.76 bits per heavy atom. The highest BCUT2D eigenvalue weighted by Crippen LogP contribution is 2.15. The highest BCUT2D eigenvalue weighted by atomic mass is 32.2. The molecule has 1 unspecified atom stereocenters. The fourth-order valence-electron chi connectivity index (χ4n) is 2.05. The van der Waals surface area contributed by atoms with Crippen molar-refractivity contribution in [2.75, 3.05) is 18.8 Å². The Labute approximate surface area is 106 Å². The zero-order valence-electron chi connectivity index (χ0n) is 11.4. The maximum atomic E-state index is 11.7. The third-order valence-corrected chi connectivity index (χ3v) is 5.59. The molecule has 0 aliphatic carbocycles. The van der Waals surface area contributed by atoms with Gasteiger partial charge in [-0.2, -0.15) is 0 Å². The molecule has 0 bridgehead atoms. The summed E-state index contributed by atoms with van der Waals surface area (Å²) in [6, 6.07) is 0.963. The topological polar surface area (TPSA) is 49.4 Å². The molecule has 0 radical (unpaired) electrons. The molecule has 4 nitrogen and oxygen atoms in total. The van der Waals surface area contributed by atoms with E-state index in [1.807, 2.05) is 0 Å². The smallest absolute Gasteiger partial charge is 0.213 e. The van der Waals surface area contributed by atoms with Crippen molar-refractivity contribution in [2.45, 2.75) is 52.6 Å². The molecule has 0 aromatic carbocycles. The lowest BCUT2D eigenvalue weighted by Crippen LogP contribution is -2.48. The van der Waals surface area contributed by atoms with E-state index in [9.17, 15) is 8.42 Å². The predicted octanol–water partition coefficient (Wildman–Crippen LogP) is 1.43. The zero-order chi connectivity index (χ0) is 13.1. The Bertz CT molecular complexity index is 319. The second-order valence-electron chi connectivity index (χ2n) is 5.27. The van der Waals surface area contributed by atoms with Gasteiger partial charge in [0.1, 0.15) is 0 Å². The van der Waals surface area contributed by atoms with Crippen LogP contribution in [0.2, 0.25) is 0 Å². The molecule has 0 aromatic heterocycles. The van der Waals surface area contributed by atoms with Crippen molar-refractivity contribution in [3.05, 3.63) is 0 Å². The minimum absolute atomic E-state index is 0.216. The van der Waals surface area contributed by atoms with E-state index in [2.05, 4.69) is 26.1 Å². The molecule has 1 heterocycles. The first-order chi connectivity index (χ1) is 7.86. The predicted molar refractivity (Wildman–Crippen MR) is 71.5 cm³/mol. The Balaban J connectivity index is 2.41. The molecule has 1 aliphatic heterocycles. The van der Waals surface area contributed by atoms with Crippen LogP contribution in [0.25, 0.3) is 0 Å². The van der Waals surface area contributed by atoms with Crippen molar-refractivity contribution >= 4 is 10.0 Å². The Morgan fingerprint density at radius 3 is 2.18 bits per heavy atom. The first-order valence-corrected chi connectivity index (χ1v) is 8.21. The van der Waals surface area contributed by atoms with Gasteiger partial charge in [0.25, 0.3) is 0 Å². The summed E-state index contributed by atoms with van der Waals surface area (Å²) in [6.07, 6.45) is 1.85. The molecule has 0 saturated carbocycles. The van der Waals surface area contributed by atoms with Gasteiger partial charge in [-0.25, -0.2) is 12.7 Å². The number of piperidine rings is 1. The van der Waals surface area contributed by atoms with Crippen molar-refractivity contribution in [3.8, 4) is 0 Å². The van der Waals surface area contributed by atoms with Gasteiger partial charge >= 0.3 is 0 Å². The molecule has 0 spiro atoms. The number of nitrogens with one attached hydrogen (secondary N) is 1. The van der Waals surface area contributed by atoms with Crippen LogP contribution in [0.5, 0.6) is 0 Å². The maximum Gasteiger partial charge on any atom is 0.213 e. The summed E-state index contributed by atoms with van der Waals surface area (Å²) in [7, 11) is -2.98. The van der Waals surface area contributed by atoms with Gasteiger partial charge in [-0.1, -0.05) is 13.8 Å². The van der Waals surface area contributed by atoms with E-state index < -0.39 is 10.0 Å². The van der Waals surface area contributed by atoms with E-state index in [4.69, 9.17) is 0 Å². The van der Waals surface area contributed by atoms with E-state index >= 15 is 0 Å². The summed E-state index contributed by atoms with van der Waals surface area (Å²) >= 11 is 0. The molecule has 1 aliphatic rings. The summed E-state index contributed by atoms with van der Waals surface area (Å²) in [5, 5.41) is 3.59. The van der Waals surface area contributed by atoms with Crippen molar-refractivity contribution < 1.29 is 8.42 Å². The summed E-state index contributed by atoms with van der Waals surface area (Å²) in [6.45, 7) is 9.64. The molecule has 1 atom stereocenters. The molecular formula is C12H26N2O2S. The highest BCUT2D eigenvalue weighted by molar-refractivity contribution is 7.89. The number of hydrogen-bond acceptors (Lipinski definition) is 3. The van der Waals surface area contributed by atoms with E-state index in [0.29, 0.717) is 31.1 Å². The number of sulfonamides is 1. The summed E-state index contributed by atoms with van der Waals surface area (Å²) in [4.78, 5) is 0. The van der Waals surface area contributed by atoms with Crippen LogP contribution in [0.1, 0.15) is 40.5 Å². The molecule has 0 amide bonds. The van der Waals surface area contributed by atoms with Crippen molar-refractivity contribution in [1.82, 2.24) is 9.62 Å². The SMILES string of the molecule is CCS(=O)(=O)N1CCC(NC(C)C(C)C)CC1. The lowest BCUT2D eigenvalue weighted by Gasteiger charge is -2.33. The lowest BCUT2D eigenvalue weighted by atomic mass is 10.0. The second kappa shape index (κ2) is 6.16. The summed E-state index contributed by atoms with van der Waals surface area (Å²) in [5.74, 6) is 0.834. The fourth-order valence-corrected chi connectivity index (χ4v) is 3.18. The monoisotopic (exact) mass is 262 g/mol. The molecule has 0 aromatic rings. The Kier molecular flexibility index (Phi) is 5.41. The normalized spacial score (nSPS) is 21.9. The minimum atomic E-state index is -2.98. The van der Waals surface area contributed by atoms with Crippen molar-refractivity contribution in [3.63, 3.8) is 0 Å². The quantitative estimate of drug-likeness (QED) is 0.815. The second-order valence-corrected chi connectivity index (χ2v) is 7.53. The molecule has 1 rings (SSSR count). The van der Waals surface area contributed by atoms with Gasteiger partial charge in [-0.15, -0.1) is 0 Å². The van der Waals surface area contributed by atoms with Crippen LogP contribution in [0, 0.1) is 5.92 Å². The molecule has 1 N–H and O–H groups in total. The molecule has 1 fully saturated rings. The van der Waals surface area contributed by atoms with Crippen molar-refractivity contribution in [1.29, 1.82) is 0 Å². The van der Waals surface area contributed by atoms with Crippen molar-refractivity contribution in [2.24, 2.45) is 5.92 Å². The molecule has 102 valence electrons. The average Bonchev–Trinajstić information content (AvgIpc) is 2.29. The van der Waals surface area contributed by atoms with Gasteiger partial charge < -0.3 is 5.32 Å². The summed E-state index contributed by atoms with van der Waals surface area (Å²) < 4.78 is 25.0. The van der Waals surface area contributed by atoms with E-state index in [0.717, 1.165) is 12.8 Å². The maximum absolute atomic E-state index is 11.7. The van der Waals surface area contributed by atoms with Gasteiger partial charge in [0.15, 0.2) is 0 Å². The third-order valence-electron chi connectivity index (χ3n) is 3.71. The Morgan fingerprint density at radius 1 is 1.24 bits per heavy atom. The minimum Gasteiger partial charge on any atom is -0.311 e. The largest absolute Gasteiger partial charge is 0.311 e. The Hall–Kier alpha value is -0.130. The van der Waals surface area contributed by atoms with Crippen LogP contribution in [0.15, 0.2) is 0 Å². The van der Waals surface area contributed by atoms with Crippen LogP contribution in [-0.4, -0.2) is 43.6 Å². The highest BCUT2D eigenvalue weighted by Gasteiger charge is 2.27. The van der Waals surface area contributed by atoms with E-state index in [-0.39, 0.29) is 5.75 Å². The van der Waals surface area contributed by atoms with E-state index in [1.54, 1.807) is 11.2 Å². The standard InChI is InChI=1S/C12H26N2O2S/c1-5-17(15,16)14-8-6-12(7-9-14)13-11(4)10(2)3/h10-13H,5-9H2,1-4H3. The fraction of sp³-hybridized carbons (Fsp3) is 1.00. The van der Waals surface area contributed by atoms with Gasteiger partial charge in [-0.05, 0) is 32.6 Å². The molecule has 5 heteroatoms. The van der Waals surface area contributed by atoms with Gasteiger partial charge in [-0.3, -0.25) is 0 Å².